The molecule has 0 bridgehead atoms. The summed E-state index contributed by atoms with van der Waals surface area (Å²) >= 11 is 0. The van der Waals surface area contributed by atoms with E-state index in [1.807, 2.05) is 6.92 Å². The predicted molar refractivity (Wildman–Crippen MR) is 102 cm³/mol. The third kappa shape index (κ3) is 7.56. The van der Waals surface area contributed by atoms with Gasteiger partial charge in [-0.15, -0.1) is 0 Å². The van der Waals surface area contributed by atoms with Gasteiger partial charge in [-0.3, -0.25) is 9.69 Å². The number of carbonyl (C=O) groups excluding carboxylic acids is 1. The van der Waals surface area contributed by atoms with Crippen molar-refractivity contribution in [2.75, 3.05) is 32.7 Å². The Morgan fingerprint density at radius 3 is 2.32 bits per heavy atom. The number of guanidine groups is 1. The number of nitrogens with zero attached hydrogens (tertiary/aromatic N) is 2. The molecule has 1 amide bonds. The summed E-state index contributed by atoms with van der Waals surface area (Å²) in [7, 11) is 0. The van der Waals surface area contributed by atoms with E-state index in [0.717, 1.165) is 19.0 Å². The Kier molecular flexibility index (Phi) is 8.25. The largest absolute Gasteiger partial charge is 0.357 e. The first-order valence-corrected chi connectivity index (χ1v) is 9.24. The Bertz CT molecular complexity index is 549. The Labute approximate surface area is 151 Å². The van der Waals surface area contributed by atoms with Crippen molar-refractivity contribution in [1.29, 1.82) is 0 Å². The summed E-state index contributed by atoms with van der Waals surface area (Å²) < 4.78 is 0. The molecule has 138 valence electrons. The molecule has 0 aromatic heterocycles. The van der Waals surface area contributed by atoms with Crippen LogP contribution in [0.5, 0.6) is 0 Å². The highest BCUT2D eigenvalue weighted by molar-refractivity contribution is 5.79. The number of nitrogens with one attached hydrogen (secondary N) is 3. The summed E-state index contributed by atoms with van der Waals surface area (Å²) in [5, 5.41) is 9.21. The fraction of sp³-hybridized carbons (Fsp3) is 0.579. The van der Waals surface area contributed by atoms with Crippen LogP contribution < -0.4 is 16.0 Å². The molecule has 6 nitrogen and oxygen atoms in total. The lowest BCUT2D eigenvalue weighted by Gasteiger charge is -2.14. The van der Waals surface area contributed by atoms with Crippen LogP contribution in [0.4, 0.5) is 0 Å². The molecule has 25 heavy (non-hydrogen) atoms. The SMILES string of the molecule is CCNC(=NCc1ccc(CN2CCCC2)cc1)NCCNC(C)=O. The summed E-state index contributed by atoms with van der Waals surface area (Å²) in [5.41, 5.74) is 2.57. The van der Waals surface area contributed by atoms with Gasteiger partial charge in [-0.2, -0.15) is 0 Å². The first kappa shape index (κ1) is 19.2. The number of benzene rings is 1. The molecule has 0 aliphatic carbocycles. The molecule has 1 aliphatic heterocycles. The molecule has 1 fully saturated rings. The lowest BCUT2D eigenvalue weighted by atomic mass is 10.1. The quantitative estimate of drug-likeness (QED) is 0.379. The standard InChI is InChI=1S/C19H31N5O/c1-3-20-19(22-11-10-21-16(2)25)23-14-17-6-8-18(9-7-17)15-24-12-4-5-13-24/h6-9H,3-5,10-15H2,1-2H3,(H,21,25)(H2,20,22,23). The minimum absolute atomic E-state index is 0.0160. The van der Waals surface area contributed by atoms with Crippen molar-refractivity contribution < 1.29 is 4.79 Å². The van der Waals surface area contributed by atoms with Crippen LogP contribution in [0.3, 0.4) is 0 Å². The van der Waals surface area contributed by atoms with Crippen molar-refractivity contribution in [2.45, 2.75) is 39.8 Å². The monoisotopic (exact) mass is 345 g/mol. The number of amides is 1. The highest BCUT2D eigenvalue weighted by atomic mass is 16.1. The van der Waals surface area contributed by atoms with Gasteiger partial charge in [0.15, 0.2) is 5.96 Å². The Morgan fingerprint density at radius 1 is 1.04 bits per heavy atom. The second-order valence-corrected chi connectivity index (χ2v) is 6.40. The van der Waals surface area contributed by atoms with Crippen molar-refractivity contribution in [3.63, 3.8) is 0 Å². The molecule has 1 heterocycles. The lowest BCUT2D eigenvalue weighted by Crippen LogP contribution is -2.41. The van der Waals surface area contributed by atoms with E-state index < -0.39 is 0 Å². The molecule has 1 aliphatic rings. The van der Waals surface area contributed by atoms with Crippen molar-refractivity contribution in [3.8, 4) is 0 Å². The Hall–Kier alpha value is -2.08. The third-order valence-electron chi connectivity index (χ3n) is 4.18. The second kappa shape index (κ2) is 10.7. The number of carbonyl (C=O) groups is 1. The van der Waals surface area contributed by atoms with Crippen LogP contribution in [0.15, 0.2) is 29.3 Å². The van der Waals surface area contributed by atoms with Gasteiger partial charge < -0.3 is 16.0 Å². The maximum atomic E-state index is 10.9. The van der Waals surface area contributed by atoms with Gasteiger partial charge >= 0.3 is 0 Å². The van der Waals surface area contributed by atoms with Crippen LogP contribution in [-0.4, -0.2) is 49.5 Å². The van der Waals surface area contributed by atoms with E-state index in [2.05, 4.69) is 50.1 Å². The van der Waals surface area contributed by atoms with E-state index in [0.29, 0.717) is 19.6 Å². The molecular weight excluding hydrogens is 314 g/mol. The number of likely N-dealkylation sites (tertiary alicyclic amines) is 1. The number of aliphatic imine (C=N–C) groups is 1. The summed E-state index contributed by atoms with van der Waals surface area (Å²) in [4.78, 5) is 18.0. The van der Waals surface area contributed by atoms with Crippen molar-refractivity contribution in [2.24, 2.45) is 4.99 Å². The molecule has 1 aromatic rings. The maximum Gasteiger partial charge on any atom is 0.216 e. The summed E-state index contributed by atoms with van der Waals surface area (Å²) in [6, 6.07) is 8.74. The normalized spacial score (nSPS) is 15.2. The van der Waals surface area contributed by atoms with Gasteiger partial charge in [0.2, 0.25) is 5.91 Å². The van der Waals surface area contributed by atoms with Gasteiger partial charge in [-0.1, -0.05) is 24.3 Å². The van der Waals surface area contributed by atoms with Gasteiger partial charge in [-0.05, 0) is 44.0 Å². The Morgan fingerprint density at radius 2 is 1.68 bits per heavy atom. The molecule has 0 radical (unpaired) electrons. The van der Waals surface area contributed by atoms with Gasteiger partial charge in [0.1, 0.15) is 0 Å². The third-order valence-corrected chi connectivity index (χ3v) is 4.18. The number of rotatable bonds is 8. The summed E-state index contributed by atoms with van der Waals surface area (Å²) in [6.07, 6.45) is 2.66. The Balaban J connectivity index is 1.80. The molecule has 0 spiro atoms. The first-order chi connectivity index (χ1) is 12.2. The van der Waals surface area contributed by atoms with Crippen LogP contribution in [0.1, 0.15) is 37.8 Å². The van der Waals surface area contributed by atoms with Crippen LogP contribution in [0.25, 0.3) is 0 Å². The molecular formula is C19H31N5O. The van der Waals surface area contributed by atoms with E-state index in [-0.39, 0.29) is 5.91 Å². The minimum Gasteiger partial charge on any atom is -0.357 e. The molecule has 6 heteroatoms. The zero-order valence-electron chi connectivity index (χ0n) is 15.5. The number of hydrogen-bond acceptors (Lipinski definition) is 3. The molecule has 1 saturated heterocycles. The first-order valence-electron chi connectivity index (χ1n) is 9.24. The average molecular weight is 345 g/mol. The van der Waals surface area contributed by atoms with E-state index in [4.69, 9.17) is 0 Å². The molecule has 3 N–H and O–H groups in total. The topological polar surface area (TPSA) is 68.8 Å². The zero-order valence-corrected chi connectivity index (χ0v) is 15.5. The zero-order chi connectivity index (χ0) is 17.9. The van der Waals surface area contributed by atoms with E-state index >= 15 is 0 Å². The minimum atomic E-state index is -0.0160. The van der Waals surface area contributed by atoms with Crippen molar-refractivity contribution in [3.05, 3.63) is 35.4 Å². The fourth-order valence-electron chi connectivity index (χ4n) is 2.88. The van der Waals surface area contributed by atoms with Crippen LogP contribution >= 0.6 is 0 Å². The van der Waals surface area contributed by atoms with E-state index in [1.54, 1.807) is 0 Å². The van der Waals surface area contributed by atoms with Gasteiger partial charge in [0, 0.05) is 33.1 Å². The van der Waals surface area contributed by atoms with Crippen LogP contribution in [0, 0.1) is 0 Å². The highest BCUT2D eigenvalue weighted by Crippen LogP contribution is 2.13. The highest BCUT2D eigenvalue weighted by Gasteiger charge is 2.11. The number of hydrogen-bond donors (Lipinski definition) is 3. The van der Waals surface area contributed by atoms with E-state index in [1.165, 1.54) is 44.0 Å². The molecule has 0 unspecified atom stereocenters. The molecule has 0 saturated carbocycles. The predicted octanol–water partition coefficient (Wildman–Crippen LogP) is 1.47. The van der Waals surface area contributed by atoms with Crippen LogP contribution in [0.2, 0.25) is 0 Å². The van der Waals surface area contributed by atoms with E-state index in [9.17, 15) is 4.79 Å². The molecule has 1 aromatic carbocycles. The average Bonchev–Trinajstić information content (AvgIpc) is 3.10. The van der Waals surface area contributed by atoms with Gasteiger partial charge in [0.25, 0.3) is 0 Å². The van der Waals surface area contributed by atoms with Crippen molar-refractivity contribution in [1.82, 2.24) is 20.9 Å². The fourth-order valence-corrected chi connectivity index (χ4v) is 2.88. The molecule has 0 atom stereocenters. The second-order valence-electron chi connectivity index (χ2n) is 6.40. The lowest BCUT2D eigenvalue weighted by molar-refractivity contribution is -0.118. The van der Waals surface area contributed by atoms with Gasteiger partial charge in [0.05, 0.1) is 6.54 Å². The summed E-state index contributed by atoms with van der Waals surface area (Å²) in [6.45, 7) is 9.75. The summed E-state index contributed by atoms with van der Waals surface area (Å²) in [5.74, 6) is 0.756. The molecule has 2 rings (SSSR count). The van der Waals surface area contributed by atoms with Crippen molar-refractivity contribution >= 4 is 11.9 Å². The van der Waals surface area contributed by atoms with Crippen LogP contribution in [-0.2, 0) is 17.9 Å². The smallest absolute Gasteiger partial charge is 0.216 e. The van der Waals surface area contributed by atoms with Gasteiger partial charge in [-0.25, -0.2) is 4.99 Å². The maximum absolute atomic E-state index is 10.9.